The lowest BCUT2D eigenvalue weighted by atomic mass is 10.2. The van der Waals surface area contributed by atoms with Crippen molar-refractivity contribution in [3.63, 3.8) is 0 Å². The van der Waals surface area contributed by atoms with E-state index in [0.29, 0.717) is 0 Å². The van der Waals surface area contributed by atoms with Crippen molar-refractivity contribution in [2.24, 2.45) is 0 Å². The molecular formula is C10H16Br2O2-2. The summed E-state index contributed by atoms with van der Waals surface area (Å²) in [4.78, 5) is 0. The van der Waals surface area contributed by atoms with Crippen LogP contribution in [0.15, 0.2) is 0 Å². The van der Waals surface area contributed by atoms with Crippen LogP contribution in [0.3, 0.4) is 0 Å². The molecule has 84 valence electrons. The smallest absolute Gasteiger partial charge is 0.0120 e. The highest BCUT2D eigenvalue weighted by Gasteiger charge is 1.95. The largest absolute Gasteiger partial charge is 0.538 e. The Hall–Kier alpha value is 0.880. The summed E-state index contributed by atoms with van der Waals surface area (Å²) in [6.45, 7) is 1.81. The van der Waals surface area contributed by atoms with E-state index in [1.165, 1.54) is 25.7 Å². The third kappa shape index (κ3) is 6.38. The molecule has 0 bridgehead atoms. The van der Waals surface area contributed by atoms with E-state index in [9.17, 15) is 0 Å². The zero-order valence-electron chi connectivity index (χ0n) is 8.23. The third-order valence-corrected chi connectivity index (χ3v) is 3.30. The standard InChI is InChI=1S/2C5H8BrO/c2*6-5-3-1-2-4-7-5/h2*1-4H2/q2*-1. The zero-order chi connectivity index (χ0) is 10.2. The molecular weight excluding hydrogens is 312 g/mol. The first kappa shape index (κ1) is 12.9. The van der Waals surface area contributed by atoms with Gasteiger partial charge in [-0.3, -0.25) is 31.9 Å². The topological polar surface area (TPSA) is 18.5 Å². The van der Waals surface area contributed by atoms with E-state index in [2.05, 4.69) is 31.9 Å². The van der Waals surface area contributed by atoms with Crippen LogP contribution in [0.4, 0.5) is 0 Å². The Bertz CT molecular complexity index is 116. The van der Waals surface area contributed by atoms with Gasteiger partial charge in [0.2, 0.25) is 0 Å². The average Bonchev–Trinajstić information content (AvgIpc) is 2.21. The van der Waals surface area contributed by atoms with E-state index in [1.54, 1.807) is 0 Å². The Morgan fingerprint density at radius 2 is 1.14 bits per heavy atom. The summed E-state index contributed by atoms with van der Waals surface area (Å²) in [7, 11) is 0. The lowest BCUT2D eigenvalue weighted by Gasteiger charge is -2.29. The second-order valence-electron chi connectivity index (χ2n) is 3.32. The molecule has 0 aromatic heterocycles. The van der Waals surface area contributed by atoms with Gasteiger partial charge in [-0.2, -0.15) is 0 Å². The van der Waals surface area contributed by atoms with Gasteiger partial charge in [0.25, 0.3) is 0 Å². The number of ether oxygens (including phenoxy) is 2. The van der Waals surface area contributed by atoms with Gasteiger partial charge in [0.05, 0.1) is 0 Å². The second-order valence-corrected chi connectivity index (χ2v) is 5.09. The number of halogens is 2. The van der Waals surface area contributed by atoms with Crippen LogP contribution in [0, 0.1) is 10.0 Å². The summed E-state index contributed by atoms with van der Waals surface area (Å²) >= 11 is 6.57. The van der Waals surface area contributed by atoms with Crippen molar-refractivity contribution in [3.05, 3.63) is 10.0 Å². The Morgan fingerprint density at radius 1 is 0.714 bits per heavy atom. The summed E-state index contributed by atoms with van der Waals surface area (Å²) in [6, 6.07) is 0. The highest BCUT2D eigenvalue weighted by molar-refractivity contribution is 9.11. The van der Waals surface area contributed by atoms with Gasteiger partial charge >= 0.3 is 0 Å². The molecule has 2 heterocycles. The van der Waals surface area contributed by atoms with E-state index in [0.717, 1.165) is 36.1 Å². The molecule has 0 N–H and O–H groups in total. The first-order valence-corrected chi connectivity index (χ1v) is 6.66. The molecule has 2 saturated heterocycles. The Morgan fingerprint density at radius 3 is 1.29 bits per heavy atom. The fourth-order valence-electron chi connectivity index (χ4n) is 1.24. The van der Waals surface area contributed by atoms with Gasteiger partial charge in [0, 0.05) is 13.2 Å². The van der Waals surface area contributed by atoms with E-state index >= 15 is 0 Å². The number of hydrogen-bond donors (Lipinski definition) is 0. The fourth-order valence-corrected chi connectivity index (χ4v) is 2.13. The Balaban J connectivity index is 0.000000140. The first-order chi connectivity index (χ1) is 6.79. The molecule has 0 aliphatic carbocycles. The lowest BCUT2D eigenvalue weighted by molar-refractivity contribution is 0.143. The summed E-state index contributed by atoms with van der Waals surface area (Å²) in [6.07, 6.45) is 7.19. The summed E-state index contributed by atoms with van der Waals surface area (Å²) in [5.74, 6) is 0. The molecule has 2 nitrogen and oxygen atoms in total. The van der Waals surface area contributed by atoms with Crippen LogP contribution in [0.1, 0.15) is 38.5 Å². The van der Waals surface area contributed by atoms with Crippen LogP contribution in [-0.4, -0.2) is 13.2 Å². The van der Waals surface area contributed by atoms with Crippen LogP contribution in [0.5, 0.6) is 0 Å². The normalized spacial score (nSPS) is 25.3. The minimum Gasteiger partial charge on any atom is -0.538 e. The molecule has 0 unspecified atom stereocenters. The molecule has 2 aliphatic heterocycles. The maximum Gasteiger partial charge on any atom is 0.0120 e. The quantitative estimate of drug-likeness (QED) is 0.622. The molecule has 2 rings (SSSR count). The monoisotopic (exact) mass is 326 g/mol. The average molecular weight is 328 g/mol. The molecule has 0 aromatic carbocycles. The molecule has 4 heteroatoms. The van der Waals surface area contributed by atoms with Crippen molar-refractivity contribution in [2.45, 2.75) is 38.5 Å². The highest BCUT2D eigenvalue weighted by atomic mass is 79.9. The van der Waals surface area contributed by atoms with E-state index < -0.39 is 0 Å². The van der Waals surface area contributed by atoms with Crippen LogP contribution < -0.4 is 0 Å². The van der Waals surface area contributed by atoms with Crippen LogP contribution >= 0.6 is 31.9 Å². The molecule has 2 aliphatic rings. The molecule has 0 radical (unpaired) electrons. The van der Waals surface area contributed by atoms with Crippen LogP contribution in [-0.2, 0) is 9.47 Å². The van der Waals surface area contributed by atoms with Crippen molar-refractivity contribution in [1.29, 1.82) is 0 Å². The number of rotatable bonds is 0. The highest BCUT2D eigenvalue weighted by Crippen LogP contribution is 2.24. The lowest BCUT2D eigenvalue weighted by Crippen LogP contribution is -2.04. The maximum absolute atomic E-state index is 5.11. The van der Waals surface area contributed by atoms with Gasteiger partial charge in [-0.05, 0) is 12.8 Å². The molecule has 0 spiro atoms. The zero-order valence-corrected chi connectivity index (χ0v) is 11.4. The predicted octanol–water partition coefficient (Wildman–Crippen LogP) is 4.14. The van der Waals surface area contributed by atoms with Crippen molar-refractivity contribution in [3.8, 4) is 0 Å². The molecule has 0 amide bonds. The Kier molecular flexibility index (Phi) is 7.47. The van der Waals surface area contributed by atoms with Crippen molar-refractivity contribution < 1.29 is 9.47 Å². The summed E-state index contributed by atoms with van der Waals surface area (Å²) in [5, 5.41) is 2.05. The van der Waals surface area contributed by atoms with Gasteiger partial charge in [-0.15, -0.1) is 22.9 Å². The minimum absolute atomic E-state index is 0.903. The van der Waals surface area contributed by atoms with Gasteiger partial charge in [0.1, 0.15) is 0 Å². The van der Waals surface area contributed by atoms with Gasteiger partial charge in [-0.25, -0.2) is 0 Å². The summed E-state index contributed by atoms with van der Waals surface area (Å²) in [5.41, 5.74) is 0. The molecule has 2 fully saturated rings. The van der Waals surface area contributed by atoms with E-state index in [1.807, 2.05) is 0 Å². The SMILES string of the molecule is Br[C-]1CCCCO1.Br[C-]1CCCCO1. The second kappa shape index (κ2) is 8.08. The van der Waals surface area contributed by atoms with Crippen molar-refractivity contribution in [2.75, 3.05) is 13.2 Å². The van der Waals surface area contributed by atoms with E-state index in [-0.39, 0.29) is 0 Å². The van der Waals surface area contributed by atoms with Crippen molar-refractivity contribution in [1.82, 2.24) is 0 Å². The van der Waals surface area contributed by atoms with Gasteiger partial charge in [0.15, 0.2) is 0 Å². The third-order valence-electron chi connectivity index (χ3n) is 2.05. The van der Waals surface area contributed by atoms with Gasteiger partial charge in [-0.1, -0.05) is 12.8 Å². The Labute approximate surface area is 103 Å². The first-order valence-electron chi connectivity index (χ1n) is 5.07. The van der Waals surface area contributed by atoms with Gasteiger partial charge < -0.3 is 9.47 Å². The molecule has 0 aromatic rings. The fraction of sp³-hybridized carbons (Fsp3) is 0.800. The number of hydrogen-bond acceptors (Lipinski definition) is 2. The van der Waals surface area contributed by atoms with Crippen LogP contribution in [0.2, 0.25) is 0 Å². The summed E-state index contributed by atoms with van der Waals surface area (Å²) < 4.78 is 10.2. The van der Waals surface area contributed by atoms with E-state index in [4.69, 9.17) is 9.47 Å². The minimum atomic E-state index is 0.903. The molecule has 0 saturated carbocycles. The molecule has 0 atom stereocenters. The van der Waals surface area contributed by atoms with Crippen LogP contribution in [0.25, 0.3) is 0 Å². The van der Waals surface area contributed by atoms with Crippen molar-refractivity contribution >= 4 is 31.9 Å². The predicted molar refractivity (Wildman–Crippen MR) is 63.9 cm³/mol. The molecule has 14 heavy (non-hydrogen) atoms. The maximum atomic E-state index is 5.11.